The highest BCUT2D eigenvalue weighted by Gasteiger charge is 2.36. The summed E-state index contributed by atoms with van der Waals surface area (Å²) in [6.45, 7) is 2.33. The van der Waals surface area contributed by atoms with Crippen LogP contribution >= 0.6 is 23.4 Å². The minimum absolute atomic E-state index is 0.590. The predicted molar refractivity (Wildman–Crippen MR) is 94.3 cm³/mol. The summed E-state index contributed by atoms with van der Waals surface area (Å²) in [5.74, 6) is 0.619. The third kappa shape index (κ3) is 2.62. The van der Waals surface area contributed by atoms with Gasteiger partial charge in [0.25, 0.3) is 0 Å². The van der Waals surface area contributed by atoms with E-state index in [0.29, 0.717) is 12.0 Å². The topological polar surface area (TPSA) is 15.3 Å². The van der Waals surface area contributed by atoms with Crippen LogP contribution in [0, 0.1) is 0 Å². The Hall–Kier alpha value is -1.16. The molecule has 0 aliphatic carbocycles. The summed E-state index contributed by atoms with van der Waals surface area (Å²) in [6, 6.07) is 15.3. The zero-order chi connectivity index (χ0) is 15.1. The molecule has 0 radical (unpaired) electrons. The third-order valence-corrected chi connectivity index (χ3v) is 5.91. The van der Waals surface area contributed by atoms with E-state index in [4.69, 9.17) is 11.6 Å². The Balaban J connectivity index is 1.66. The molecule has 0 unspecified atom stereocenters. The fraction of sp³-hybridized carbons (Fsp3) is 0.333. The molecule has 0 spiro atoms. The van der Waals surface area contributed by atoms with E-state index in [1.54, 1.807) is 11.8 Å². The van der Waals surface area contributed by atoms with Crippen LogP contribution in [0.15, 0.2) is 52.3 Å². The molecule has 2 aromatic rings. The summed E-state index contributed by atoms with van der Waals surface area (Å²) < 4.78 is 0. The Morgan fingerprint density at radius 1 is 1.23 bits per heavy atom. The number of hydrogen-bond acceptors (Lipinski definition) is 3. The first kappa shape index (κ1) is 14.4. The number of rotatable bonds is 2. The standard InChI is InChI=1S/C18H19ClN2S/c1-21-9-8-16-15(11-21)14-6-3-7-17(18(14)20-16)22-13-5-2-4-12(19)10-13/h2-7,10,15-16,20H,8-9,11H2,1H3/t15-,16+/m1/s1. The highest BCUT2D eigenvalue weighted by Crippen LogP contribution is 2.46. The fourth-order valence-electron chi connectivity index (χ4n) is 3.54. The molecule has 22 heavy (non-hydrogen) atoms. The van der Waals surface area contributed by atoms with Crippen LogP contribution in [-0.4, -0.2) is 31.1 Å². The van der Waals surface area contributed by atoms with Crippen molar-refractivity contribution in [1.82, 2.24) is 4.90 Å². The van der Waals surface area contributed by atoms with Crippen molar-refractivity contribution in [3.63, 3.8) is 0 Å². The second-order valence-corrected chi connectivity index (χ2v) is 7.74. The van der Waals surface area contributed by atoms with E-state index >= 15 is 0 Å². The minimum atomic E-state index is 0.590. The van der Waals surface area contributed by atoms with E-state index in [2.05, 4.69) is 41.5 Å². The number of anilines is 1. The van der Waals surface area contributed by atoms with Gasteiger partial charge in [0.15, 0.2) is 0 Å². The Morgan fingerprint density at radius 2 is 2.09 bits per heavy atom. The van der Waals surface area contributed by atoms with E-state index in [1.807, 2.05) is 18.2 Å². The SMILES string of the molecule is CN1CC[C@@H]2Nc3c(Sc4cccc(Cl)c4)cccc3[C@H]2C1. The van der Waals surface area contributed by atoms with Gasteiger partial charge >= 0.3 is 0 Å². The van der Waals surface area contributed by atoms with Crippen molar-refractivity contribution in [2.45, 2.75) is 28.2 Å². The Morgan fingerprint density at radius 3 is 2.95 bits per heavy atom. The molecule has 4 rings (SSSR count). The van der Waals surface area contributed by atoms with Crippen LogP contribution in [0.3, 0.4) is 0 Å². The van der Waals surface area contributed by atoms with Crippen molar-refractivity contribution in [2.24, 2.45) is 0 Å². The highest BCUT2D eigenvalue weighted by molar-refractivity contribution is 7.99. The molecule has 2 nitrogen and oxygen atoms in total. The molecule has 1 fully saturated rings. The molecule has 4 heteroatoms. The van der Waals surface area contributed by atoms with Gasteiger partial charge in [0.1, 0.15) is 0 Å². The lowest BCUT2D eigenvalue weighted by molar-refractivity contribution is 0.243. The number of nitrogens with zero attached hydrogens (tertiary/aromatic N) is 1. The van der Waals surface area contributed by atoms with Crippen molar-refractivity contribution in [2.75, 3.05) is 25.5 Å². The van der Waals surface area contributed by atoms with Crippen LogP contribution in [0.1, 0.15) is 17.9 Å². The van der Waals surface area contributed by atoms with Gasteiger partial charge in [0.05, 0.1) is 5.69 Å². The molecule has 2 heterocycles. The lowest BCUT2D eigenvalue weighted by Gasteiger charge is -2.32. The Labute approximate surface area is 140 Å². The number of likely N-dealkylation sites (N-methyl/N-ethyl adjacent to an activating group) is 1. The molecule has 2 atom stereocenters. The molecule has 2 aliphatic rings. The van der Waals surface area contributed by atoms with Crippen LogP contribution in [0.4, 0.5) is 5.69 Å². The highest BCUT2D eigenvalue weighted by atomic mass is 35.5. The zero-order valence-corrected chi connectivity index (χ0v) is 14.1. The summed E-state index contributed by atoms with van der Waals surface area (Å²) in [5, 5.41) is 4.57. The number of halogens is 1. The third-order valence-electron chi connectivity index (χ3n) is 4.63. The maximum Gasteiger partial charge on any atom is 0.0521 e. The van der Waals surface area contributed by atoms with Gasteiger partial charge < -0.3 is 10.2 Å². The molecule has 2 aliphatic heterocycles. The largest absolute Gasteiger partial charge is 0.380 e. The maximum atomic E-state index is 6.11. The average Bonchev–Trinajstić information content (AvgIpc) is 2.87. The van der Waals surface area contributed by atoms with Gasteiger partial charge in [-0.05, 0) is 49.8 Å². The number of benzene rings is 2. The van der Waals surface area contributed by atoms with Crippen molar-refractivity contribution in [3.05, 3.63) is 53.1 Å². The van der Waals surface area contributed by atoms with Gasteiger partial charge in [-0.3, -0.25) is 0 Å². The Bertz CT molecular complexity index is 703. The molecule has 0 saturated carbocycles. The van der Waals surface area contributed by atoms with Gasteiger partial charge in [0.2, 0.25) is 0 Å². The molecule has 0 amide bonds. The van der Waals surface area contributed by atoms with E-state index in [0.717, 1.165) is 11.6 Å². The molecule has 0 bridgehead atoms. The zero-order valence-electron chi connectivity index (χ0n) is 12.6. The lowest BCUT2D eigenvalue weighted by Crippen LogP contribution is -2.39. The average molecular weight is 331 g/mol. The number of hydrogen-bond donors (Lipinski definition) is 1. The van der Waals surface area contributed by atoms with Crippen LogP contribution in [0.25, 0.3) is 0 Å². The summed E-state index contributed by atoms with van der Waals surface area (Å²) >= 11 is 7.90. The molecule has 2 aromatic carbocycles. The second-order valence-electron chi connectivity index (χ2n) is 6.19. The number of fused-ring (bicyclic) bond motifs is 3. The van der Waals surface area contributed by atoms with Gasteiger partial charge in [-0.25, -0.2) is 0 Å². The van der Waals surface area contributed by atoms with Crippen LogP contribution in [0.5, 0.6) is 0 Å². The van der Waals surface area contributed by atoms with Crippen molar-refractivity contribution >= 4 is 29.1 Å². The quantitative estimate of drug-likeness (QED) is 0.859. The van der Waals surface area contributed by atoms with Crippen molar-refractivity contribution in [1.29, 1.82) is 0 Å². The van der Waals surface area contributed by atoms with Gasteiger partial charge in [-0.2, -0.15) is 0 Å². The first-order valence-electron chi connectivity index (χ1n) is 7.72. The molecule has 1 N–H and O–H groups in total. The van der Waals surface area contributed by atoms with Crippen LogP contribution in [0.2, 0.25) is 5.02 Å². The molecule has 114 valence electrons. The number of nitrogens with one attached hydrogen (secondary N) is 1. The van der Waals surface area contributed by atoms with Gasteiger partial charge in [-0.15, -0.1) is 0 Å². The monoisotopic (exact) mass is 330 g/mol. The first-order chi connectivity index (χ1) is 10.7. The summed E-state index contributed by atoms with van der Waals surface area (Å²) in [6.07, 6.45) is 1.22. The summed E-state index contributed by atoms with van der Waals surface area (Å²) in [7, 11) is 2.22. The number of para-hydroxylation sites is 1. The summed E-state index contributed by atoms with van der Waals surface area (Å²) in [4.78, 5) is 4.93. The minimum Gasteiger partial charge on any atom is -0.380 e. The van der Waals surface area contributed by atoms with Gasteiger partial charge in [-0.1, -0.05) is 41.6 Å². The lowest BCUT2D eigenvalue weighted by atomic mass is 9.90. The van der Waals surface area contributed by atoms with Crippen LogP contribution < -0.4 is 5.32 Å². The van der Waals surface area contributed by atoms with E-state index in [9.17, 15) is 0 Å². The van der Waals surface area contributed by atoms with Crippen molar-refractivity contribution in [3.8, 4) is 0 Å². The summed E-state index contributed by atoms with van der Waals surface area (Å²) in [5.41, 5.74) is 2.81. The fourth-order valence-corrected chi connectivity index (χ4v) is 4.81. The number of likely N-dealkylation sites (tertiary alicyclic amines) is 1. The molecular formula is C18H19ClN2S. The maximum absolute atomic E-state index is 6.11. The second kappa shape index (κ2) is 5.80. The molecule has 1 saturated heterocycles. The van der Waals surface area contributed by atoms with E-state index < -0.39 is 0 Å². The van der Waals surface area contributed by atoms with Crippen molar-refractivity contribution < 1.29 is 0 Å². The molecule has 0 aromatic heterocycles. The molecular weight excluding hydrogens is 312 g/mol. The van der Waals surface area contributed by atoms with E-state index in [1.165, 1.54) is 34.0 Å². The Kier molecular flexibility index (Phi) is 3.81. The van der Waals surface area contributed by atoms with Gasteiger partial charge in [0, 0.05) is 33.3 Å². The van der Waals surface area contributed by atoms with E-state index in [-0.39, 0.29) is 0 Å². The first-order valence-corrected chi connectivity index (χ1v) is 8.91. The smallest absolute Gasteiger partial charge is 0.0521 e. The normalized spacial score (nSPS) is 23.7. The number of piperidine rings is 1. The predicted octanol–water partition coefficient (Wildman–Crippen LogP) is 4.70. The van der Waals surface area contributed by atoms with Crippen LogP contribution in [-0.2, 0) is 0 Å².